The Bertz CT molecular complexity index is 848. The van der Waals surface area contributed by atoms with Gasteiger partial charge in [-0.3, -0.25) is 4.79 Å². The minimum absolute atomic E-state index is 0.0331. The maximum atomic E-state index is 11.9. The van der Waals surface area contributed by atoms with Crippen LogP contribution in [0.3, 0.4) is 0 Å². The van der Waals surface area contributed by atoms with Crippen LogP contribution < -0.4 is 14.8 Å². The van der Waals surface area contributed by atoms with Gasteiger partial charge >= 0.3 is 0 Å². The average molecular weight is 367 g/mol. The standard InChI is InChI=1S/C20H21N3O4/c1-2-15-6-3-4-7-17(15)27-14-19(24)21-11-13-26-20-10-9-16(22-23-20)18-8-5-12-25-18/h3-10,12H,2,11,13-14H2,1H3,(H,21,24). The van der Waals surface area contributed by atoms with Crippen molar-refractivity contribution in [2.24, 2.45) is 0 Å². The summed E-state index contributed by atoms with van der Waals surface area (Å²) < 4.78 is 16.3. The van der Waals surface area contributed by atoms with Crippen molar-refractivity contribution in [2.75, 3.05) is 19.8 Å². The minimum atomic E-state index is -0.205. The molecule has 7 heteroatoms. The zero-order valence-electron chi connectivity index (χ0n) is 15.1. The SMILES string of the molecule is CCc1ccccc1OCC(=O)NCCOc1ccc(-c2ccco2)nn1. The number of rotatable bonds is 9. The second kappa shape index (κ2) is 9.38. The Hall–Kier alpha value is -3.35. The average Bonchev–Trinajstić information content (AvgIpc) is 3.25. The first kappa shape index (κ1) is 18.4. The van der Waals surface area contributed by atoms with E-state index in [-0.39, 0.29) is 19.1 Å². The summed E-state index contributed by atoms with van der Waals surface area (Å²) in [6.45, 7) is 2.64. The Morgan fingerprint density at radius 3 is 2.70 bits per heavy atom. The second-order valence-corrected chi connectivity index (χ2v) is 5.68. The van der Waals surface area contributed by atoms with E-state index in [1.807, 2.05) is 31.2 Å². The lowest BCUT2D eigenvalue weighted by Gasteiger charge is -2.10. The molecule has 0 saturated carbocycles. The Morgan fingerprint density at radius 1 is 1.07 bits per heavy atom. The van der Waals surface area contributed by atoms with Crippen LogP contribution in [0.25, 0.3) is 11.5 Å². The summed E-state index contributed by atoms with van der Waals surface area (Å²) in [7, 11) is 0. The second-order valence-electron chi connectivity index (χ2n) is 5.68. The number of amides is 1. The monoisotopic (exact) mass is 367 g/mol. The molecule has 7 nitrogen and oxygen atoms in total. The number of ether oxygens (including phenoxy) is 2. The largest absolute Gasteiger partial charge is 0.483 e. The number of hydrogen-bond acceptors (Lipinski definition) is 6. The summed E-state index contributed by atoms with van der Waals surface area (Å²) >= 11 is 0. The Kier molecular flexibility index (Phi) is 6.40. The van der Waals surface area contributed by atoms with Crippen molar-refractivity contribution in [1.82, 2.24) is 15.5 Å². The van der Waals surface area contributed by atoms with Gasteiger partial charge in [0.15, 0.2) is 12.4 Å². The third kappa shape index (κ3) is 5.31. The molecule has 0 fully saturated rings. The summed E-state index contributed by atoms with van der Waals surface area (Å²) in [5, 5.41) is 10.8. The fourth-order valence-corrected chi connectivity index (χ4v) is 2.43. The van der Waals surface area contributed by atoms with Crippen LogP contribution in [0.2, 0.25) is 0 Å². The smallest absolute Gasteiger partial charge is 0.258 e. The van der Waals surface area contributed by atoms with Crippen molar-refractivity contribution in [3.05, 3.63) is 60.4 Å². The molecule has 0 bridgehead atoms. The van der Waals surface area contributed by atoms with Crippen LogP contribution in [0.5, 0.6) is 11.6 Å². The lowest BCUT2D eigenvalue weighted by atomic mass is 10.1. The molecule has 0 aliphatic heterocycles. The van der Waals surface area contributed by atoms with Crippen LogP contribution in [0, 0.1) is 0 Å². The highest BCUT2D eigenvalue weighted by Crippen LogP contribution is 2.18. The third-order valence-electron chi connectivity index (χ3n) is 3.80. The predicted octanol–water partition coefficient (Wildman–Crippen LogP) is 2.87. The number of carbonyl (C=O) groups excluding carboxylic acids is 1. The quantitative estimate of drug-likeness (QED) is 0.585. The Balaban J connectivity index is 1.36. The first-order chi connectivity index (χ1) is 13.3. The third-order valence-corrected chi connectivity index (χ3v) is 3.80. The van der Waals surface area contributed by atoms with Crippen molar-refractivity contribution in [3.63, 3.8) is 0 Å². The van der Waals surface area contributed by atoms with Crippen LogP contribution in [0.4, 0.5) is 0 Å². The van der Waals surface area contributed by atoms with Crippen molar-refractivity contribution in [1.29, 1.82) is 0 Å². The van der Waals surface area contributed by atoms with Crippen molar-refractivity contribution >= 4 is 5.91 Å². The van der Waals surface area contributed by atoms with E-state index >= 15 is 0 Å². The summed E-state index contributed by atoms with van der Waals surface area (Å²) in [4.78, 5) is 11.9. The summed E-state index contributed by atoms with van der Waals surface area (Å²) in [6, 6.07) is 14.7. The van der Waals surface area contributed by atoms with E-state index < -0.39 is 0 Å². The zero-order chi connectivity index (χ0) is 18.9. The first-order valence-electron chi connectivity index (χ1n) is 8.74. The van der Waals surface area contributed by atoms with Gasteiger partial charge in [0.2, 0.25) is 5.88 Å². The molecular weight excluding hydrogens is 346 g/mol. The Labute approximate surface area is 157 Å². The lowest BCUT2D eigenvalue weighted by molar-refractivity contribution is -0.123. The molecule has 3 rings (SSSR count). The van der Waals surface area contributed by atoms with Gasteiger partial charge in [-0.2, -0.15) is 0 Å². The topological polar surface area (TPSA) is 86.5 Å². The zero-order valence-corrected chi connectivity index (χ0v) is 15.1. The highest BCUT2D eigenvalue weighted by Gasteiger charge is 2.06. The van der Waals surface area contributed by atoms with Crippen LogP contribution in [0.1, 0.15) is 12.5 Å². The molecule has 2 heterocycles. The molecule has 0 aliphatic carbocycles. The Morgan fingerprint density at radius 2 is 1.96 bits per heavy atom. The van der Waals surface area contributed by atoms with E-state index in [4.69, 9.17) is 13.9 Å². The fraction of sp³-hybridized carbons (Fsp3) is 0.250. The van der Waals surface area contributed by atoms with E-state index in [0.29, 0.717) is 23.9 Å². The number of benzene rings is 1. The van der Waals surface area contributed by atoms with Gasteiger partial charge in [0.1, 0.15) is 18.1 Å². The molecule has 1 aromatic carbocycles. The molecule has 1 N–H and O–H groups in total. The van der Waals surface area contributed by atoms with Gasteiger partial charge in [-0.1, -0.05) is 25.1 Å². The lowest BCUT2D eigenvalue weighted by Crippen LogP contribution is -2.32. The number of para-hydroxylation sites is 1. The summed E-state index contributed by atoms with van der Waals surface area (Å²) in [6.07, 6.45) is 2.43. The van der Waals surface area contributed by atoms with Gasteiger partial charge in [0.25, 0.3) is 5.91 Å². The van der Waals surface area contributed by atoms with E-state index in [1.54, 1.807) is 30.5 Å². The molecular formula is C20H21N3O4. The molecule has 140 valence electrons. The molecule has 0 unspecified atom stereocenters. The fourth-order valence-electron chi connectivity index (χ4n) is 2.43. The number of nitrogens with one attached hydrogen (secondary N) is 1. The highest BCUT2D eigenvalue weighted by atomic mass is 16.5. The number of aryl methyl sites for hydroxylation is 1. The van der Waals surface area contributed by atoms with Gasteiger partial charge in [-0.15, -0.1) is 10.2 Å². The normalized spacial score (nSPS) is 10.4. The van der Waals surface area contributed by atoms with Gasteiger partial charge in [0, 0.05) is 6.07 Å². The molecule has 3 aromatic rings. The van der Waals surface area contributed by atoms with Crippen LogP contribution >= 0.6 is 0 Å². The molecule has 1 amide bonds. The highest BCUT2D eigenvalue weighted by molar-refractivity contribution is 5.77. The van der Waals surface area contributed by atoms with Gasteiger partial charge in [-0.25, -0.2) is 0 Å². The maximum absolute atomic E-state index is 11.9. The number of carbonyl (C=O) groups is 1. The number of furan rings is 1. The molecule has 2 aromatic heterocycles. The maximum Gasteiger partial charge on any atom is 0.258 e. The van der Waals surface area contributed by atoms with E-state index in [9.17, 15) is 4.79 Å². The molecule has 0 radical (unpaired) electrons. The summed E-state index contributed by atoms with van der Waals surface area (Å²) in [5.41, 5.74) is 1.70. The van der Waals surface area contributed by atoms with Gasteiger partial charge in [-0.05, 0) is 36.2 Å². The van der Waals surface area contributed by atoms with Crippen LogP contribution in [0.15, 0.2) is 59.2 Å². The number of aromatic nitrogens is 2. The summed E-state index contributed by atoms with van der Waals surface area (Å²) in [5.74, 6) is 1.56. The van der Waals surface area contributed by atoms with Gasteiger partial charge < -0.3 is 19.2 Å². The molecule has 0 aliphatic rings. The van der Waals surface area contributed by atoms with Crippen LogP contribution in [-0.2, 0) is 11.2 Å². The van der Waals surface area contributed by atoms with Crippen molar-refractivity contribution in [2.45, 2.75) is 13.3 Å². The first-order valence-corrected chi connectivity index (χ1v) is 8.74. The number of nitrogens with zero attached hydrogens (tertiary/aromatic N) is 2. The van der Waals surface area contributed by atoms with Gasteiger partial charge in [0.05, 0.1) is 12.8 Å². The van der Waals surface area contributed by atoms with Crippen LogP contribution in [-0.4, -0.2) is 35.9 Å². The van der Waals surface area contributed by atoms with Crippen molar-refractivity contribution in [3.8, 4) is 23.1 Å². The molecule has 0 saturated heterocycles. The van der Waals surface area contributed by atoms with E-state index in [0.717, 1.165) is 17.7 Å². The molecule has 0 atom stereocenters. The number of hydrogen-bond donors (Lipinski definition) is 1. The predicted molar refractivity (Wildman–Crippen MR) is 99.6 cm³/mol. The molecule has 0 spiro atoms. The minimum Gasteiger partial charge on any atom is -0.483 e. The molecule has 27 heavy (non-hydrogen) atoms. The van der Waals surface area contributed by atoms with Crippen molar-refractivity contribution < 1.29 is 18.7 Å². The van der Waals surface area contributed by atoms with E-state index in [1.165, 1.54) is 0 Å². The van der Waals surface area contributed by atoms with E-state index in [2.05, 4.69) is 15.5 Å².